The fourth-order valence-corrected chi connectivity index (χ4v) is 1.81. The summed E-state index contributed by atoms with van der Waals surface area (Å²) in [6.07, 6.45) is 0. The molecule has 1 heterocycles. The Bertz CT molecular complexity index is 550. The number of carbonyl (C=O) groups excluding carboxylic acids is 1. The number of fused-ring (bicyclic) bond motifs is 1. The molecular weight excluding hydrogens is 277 g/mol. The fourth-order valence-electron chi connectivity index (χ4n) is 1.46. The van der Waals surface area contributed by atoms with Gasteiger partial charge >= 0.3 is 5.97 Å². The summed E-state index contributed by atoms with van der Waals surface area (Å²) in [6, 6.07) is 4.74. The third-order valence-electron chi connectivity index (χ3n) is 2.19. The molecule has 0 aliphatic carbocycles. The van der Waals surface area contributed by atoms with E-state index in [-0.39, 0.29) is 11.5 Å². The molecule has 0 atom stereocenters. The van der Waals surface area contributed by atoms with Gasteiger partial charge in [0.25, 0.3) is 0 Å². The molecule has 3 nitrogen and oxygen atoms in total. The molecule has 0 unspecified atom stereocenters. The summed E-state index contributed by atoms with van der Waals surface area (Å²) in [7, 11) is 0. The van der Waals surface area contributed by atoms with Crippen LogP contribution in [0.3, 0.4) is 0 Å². The molecule has 1 aromatic carbocycles. The molecule has 0 aliphatic heterocycles. The van der Waals surface area contributed by atoms with E-state index in [9.17, 15) is 9.18 Å². The number of esters is 1. The smallest absolute Gasteiger partial charge is 0.354 e. The van der Waals surface area contributed by atoms with Crippen LogP contribution in [-0.4, -0.2) is 17.6 Å². The van der Waals surface area contributed by atoms with Crippen molar-refractivity contribution in [2.45, 2.75) is 6.92 Å². The van der Waals surface area contributed by atoms with Gasteiger partial charge in [0.05, 0.1) is 11.1 Å². The van der Waals surface area contributed by atoms with Gasteiger partial charge in [0, 0.05) is 10.9 Å². The van der Waals surface area contributed by atoms with E-state index >= 15 is 0 Å². The van der Waals surface area contributed by atoms with Crippen LogP contribution in [-0.2, 0) is 4.74 Å². The van der Waals surface area contributed by atoms with Crippen molar-refractivity contribution in [1.29, 1.82) is 0 Å². The van der Waals surface area contributed by atoms with E-state index in [2.05, 4.69) is 20.9 Å². The summed E-state index contributed by atoms with van der Waals surface area (Å²) in [5.41, 5.74) is 0.831. The highest BCUT2D eigenvalue weighted by Crippen LogP contribution is 2.25. The Morgan fingerprint density at radius 1 is 1.56 bits per heavy atom. The number of nitrogens with one attached hydrogen (secondary N) is 1. The summed E-state index contributed by atoms with van der Waals surface area (Å²) >= 11 is 3.09. The number of hydrogen-bond acceptors (Lipinski definition) is 2. The van der Waals surface area contributed by atoms with Crippen molar-refractivity contribution in [3.05, 3.63) is 34.2 Å². The largest absolute Gasteiger partial charge is 0.461 e. The maximum absolute atomic E-state index is 13.6. The summed E-state index contributed by atoms with van der Waals surface area (Å²) in [6.45, 7) is 2.01. The van der Waals surface area contributed by atoms with E-state index in [1.54, 1.807) is 19.1 Å². The Balaban J connectivity index is 2.52. The maximum atomic E-state index is 13.6. The first-order chi connectivity index (χ1) is 7.63. The molecule has 0 spiro atoms. The fraction of sp³-hybridized carbons (Fsp3) is 0.182. The van der Waals surface area contributed by atoms with Gasteiger partial charge in [-0.05, 0) is 41.1 Å². The quantitative estimate of drug-likeness (QED) is 0.861. The van der Waals surface area contributed by atoms with Gasteiger partial charge in [0.1, 0.15) is 11.5 Å². The minimum Gasteiger partial charge on any atom is -0.461 e. The Morgan fingerprint density at radius 3 is 3.00 bits per heavy atom. The second-order valence-corrected chi connectivity index (χ2v) is 4.08. The molecule has 0 aliphatic rings. The summed E-state index contributed by atoms with van der Waals surface area (Å²) in [5, 5.41) is 0.373. The van der Waals surface area contributed by atoms with E-state index in [1.165, 1.54) is 6.07 Å². The van der Waals surface area contributed by atoms with Crippen LogP contribution in [0.2, 0.25) is 0 Å². The molecule has 0 saturated carbocycles. The highest BCUT2D eigenvalue weighted by Gasteiger charge is 2.13. The van der Waals surface area contributed by atoms with Crippen LogP contribution >= 0.6 is 15.9 Å². The minimum absolute atomic E-state index is 0.258. The van der Waals surface area contributed by atoms with E-state index < -0.39 is 5.97 Å². The van der Waals surface area contributed by atoms with Crippen LogP contribution in [0.1, 0.15) is 17.4 Å². The second kappa shape index (κ2) is 4.25. The number of hydrogen-bond donors (Lipinski definition) is 1. The zero-order valence-electron chi connectivity index (χ0n) is 8.51. The molecule has 1 aromatic heterocycles. The average Bonchev–Trinajstić information content (AvgIpc) is 2.69. The normalized spacial score (nSPS) is 10.7. The third-order valence-corrected chi connectivity index (χ3v) is 2.80. The Kier molecular flexibility index (Phi) is 2.96. The van der Waals surface area contributed by atoms with E-state index in [4.69, 9.17) is 4.74 Å². The molecule has 2 rings (SSSR count). The first-order valence-corrected chi connectivity index (χ1v) is 5.56. The molecule has 0 radical (unpaired) electrons. The number of benzene rings is 1. The standard InChI is InChI=1S/C11H9BrFNO2/c1-2-16-11(15)9-5-6-8(14-9)4-3-7(12)10(6)13/h3-5,14H,2H2,1H3. The van der Waals surface area contributed by atoms with Gasteiger partial charge in [-0.15, -0.1) is 0 Å². The molecule has 2 aromatic rings. The van der Waals surface area contributed by atoms with Gasteiger partial charge < -0.3 is 9.72 Å². The van der Waals surface area contributed by atoms with Gasteiger partial charge in [0.15, 0.2) is 0 Å². The van der Waals surface area contributed by atoms with Gasteiger partial charge in [-0.1, -0.05) is 0 Å². The number of rotatable bonds is 2. The average molecular weight is 286 g/mol. The van der Waals surface area contributed by atoms with E-state index in [0.29, 0.717) is 22.0 Å². The summed E-state index contributed by atoms with van der Waals surface area (Å²) in [5.74, 6) is -0.862. The van der Waals surface area contributed by atoms with Crippen molar-refractivity contribution >= 4 is 32.8 Å². The SMILES string of the molecule is CCOC(=O)c1cc2c(F)c(Br)ccc2[nH]1. The Labute approximate surface area is 99.7 Å². The van der Waals surface area contributed by atoms with Crippen molar-refractivity contribution in [2.24, 2.45) is 0 Å². The number of carbonyl (C=O) groups is 1. The van der Waals surface area contributed by atoms with Crippen LogP contribution in [0.25, 0.3) is 10.9 Å². The molecule has 0 bridgehead atoms. The molecule has 1 N–H and O–H groups in total. The number of H-pyrrole nitrogens is 1. The van der Waals surface area contributed by atoms with Crippen LogP contribution in [0.15, 0.2) is 22.7 Å². The minimum atomic E-state index is -0.478. The molecule has 16 heavy (non-hydrogen) atoms. The van der Waals surface area contributed by atoms with E-state index in [0.717, 1.165) is 0 Å². The molecule has 0 fully saturated rings. The number of aromatic amines is 1. The highest BCUT2D eigenvalue weighted by molar-refractivity contribution is 9.10. The maximum Gasteiger partial charge on any atom is 0.354 e. The van der Waals surface area contributed by atoms with E-state index in [1.807, 2.05) is 0 Å². The van der Waals surface area contributed by atoms with Crippen LogP contribution in [0.5, 0.6) is 0 Å². The monoisotopic (exact) mass is 285 g/mol. The van der Waals surface area contributed by atoms with Gasteiger partial charge in [-0.25, -0.2) is 9.18 Å². The van der Waals surface area contributed by atoms with Crippen molar-refractivity contribution in [3.8, 4) is 0 Å². The summed E-state index contributed by atoms with van der Waals surface area (Å²) in [4.78, 5) is 14.2. The van der Waals surface area contributed by atoms with Crippen molar-refractivity contribution in [1.82, 2.24) is 4.98 Å². The molecule has 0 saturated heterocycles. The number of ether oxygens (including phenoxy) is 1. The molecular formula is C11H9BrFNO2. The first kappa shape index (κ1) is 11.1. The predicted molar refractivity (Wildman–Crippen MR) is 61.9 cm³/mol. The van der Waals surface area contributed by atoms with Crippen LogP contribution < -0.4 is 0 Å². The summed E-state index contributed by atoms with van der Waals surface area (Å²) < 4.78 is 18.8. The Hall–Kier alpha value is -1.36. The number of aromatic nitrogens is 1. The highest BCUT2D eigenvalue weighted by atomic mass is 79.9. The van der Waals surface area contributed by atoms with Gasteiger partial charge in [0.2, 0.25) is 0 Å². The Morgan fingerprint density at radius 2 is 2.31 bits per heavy atom. The van der Waals surface area contributed by atoms with Gasteiger partial charge in [-0.2, -0.15) is 0 Å². The molecule has 0 amide bonds. The predicted octanol–water partition coefficient (Wildman–Crippen LogP) is 3.25. The lowest BCUT2D eigenvalue weighted by Crippen LogP contribution is -2.04. The van der Waals surface area contributed by atoms with Crippen LogP contribution in [0.4, 0.5) is 4.39 Å². The second-order valence-electron chi connectivity index (χ2n) is 3.23. The molecule has 5 heteroatoms. The van der Waals surface area contributed by atoms with Crippen molar-refractivity contribution in [2.75, 3.05) is 6.61 Å². The van der Waals surface area contributed by atoms with Crippen molar-refractivity contribution in [3.63, 3.8) is 0 Å². The van der Waals surface area contributed by atoms with Crippen molar-refractivity contribution < 1.29 is 13.9 Å². The first-order valence-electron chi connectivity index (χ1n) is 4.77. The third kappa shape index (κ3) is 1.82. The topological polar surface area (TPSA) is 42.1 Å². The molecule has 84 valence electrons. The van der Waals surface area contributed by atoms with Crippen LogP contribution in [0, 0.1) is 5.82 Å². The zero-order chi connectivity index (χ0) is 11.7. The lowest BCUT2D eigenvalue weighted by molar-refractivity contribution is 0.0520. The lowest BCUT2D eigenvalue weighted by atomic mass is 10.2. The lowest BCUT2D eigenvalue weighted by Gasteiger charge is -1.96. The number of halogens is 2. The zero-order valence-corrected chi connectivity index (χ0v) is 10.1. The van der Waals surface area contributed by atoms with Gasteiger partial charge in [-0.3, -0.25) is 0 Å².